The maximum absolute atomic E-state index is 12.7. The summed E-state index contributed by atoms with van der Waals surface area (Å²) in [6.45, 7) is 22.9. The van der Waals surface area contributed by atoms with Gasteiger partial charge in [0.2, 0.25) is 11.8 Å². The van der Waals surface area contributed by atoms with Crippen molar-refractivity contribution in [1.82, 2.24) is 29.0 Å². The first-order valence-electron chi connectivity index (χ1n) is 20.7. The van der Waals surface area contributed by atoms with Gasteiger partial charge in [0.25, 0.3) is 0 Å². The van der Waals surface area contributed by atoms with Crippen molar-refractivity contribution in [1.29, 1.82) is 0 Å². The Labute approximate surface area is 377 Å². The smallest absolute Gasteiger partial charge is 0.870 e. The number of ether oxygens (including phenoxy) is 3. The van der Waals surface area contributed by atoms with Gasteiger partial charge < -0.3 is 44.8 Å². The molecule has 6 heterocycles. The number of carboxylic acids is 1. The van der Waals surface area contributed by atoms with Gasteiger partial charge in [0, 0.05) is 48.4 Å². The molecule has 2 atom stereocenters. The van der Waals surface area contributed by atoms with E-state index in [9.17, 15) is 24.9 Å². The molecule has 0 spiro atoms. The number of nitrogens with zero attached hydrogens (tertiary/aromatic N) is 6. The predicted octanol–water partition coefficient (Wildman–Crippen LogP) is 3.18. The third-order valence-corrected chi connectivity index (χ3v) is 12.0. The van der Waals surface area contributed by atoms with Crippen LogP contribution in [0.5, 0.6) is 11.8 Å². The Balaban J connectivity index is 0.000000311. The third kappa shape index (κ3) is 11.8. The predicted molar refractivity (Wildman–Crippen MR) is 226 cm³/mol. The summed E-state index contributed by atoms with van der Waals surface area (Å²) >= 11 is 0. The first kappa shape index (κ1) is 51.1. The van der Waals surface area contributed by atoms with Crippen molar-refractivity contribution in [3.8, 4) is 11.8 Å². The van der Waals surface area contributed by atoms with E-state index in [0.717, 1.165) is 79.9 Å². The van der Waals surface area contributed by atoms with Gasteiger partial charge in [-0.05, 0) is 135 Å². The maximum atomic E-state index is 12.7. The molecule has 15 nitrogen and oxygen atoms in total. The van der Waals surface area contributed by atoms with Gasteiger partial charge in [-0.1, -0.05) is 13.8 Å². The minimum atomic E-state index is -0.930. The van der Waals surface area contributed by atoms with Crippen molar-refractivity contribution in [3.05, 3.63) is 57.9 Å². The summed E-state index contributed by atoms with van der Waals surface area (Å²) in [5, 5.41) is 39.1. The van der Waals surface area contributed by atoms with E-state index < -0.39 is 17.2 Å². The quantitative estimate of drug-likeness (QED) is 0.131. The summed E-state index contributed by atoms with van der Waals surface area (Å²) in [6, 6.07) is 7.13. The molecule has 0 radical (unpaired) electrons. The van der Waals surface area contributed by atoms with Gasteiger partial charge in [-0.25, -0.2) is 18.6 Å². The van der Waals surface area contributed by atoms with E-state index in [0.29, 0.717) is 59.9 Å². The Morgan fingerprint density at radius 1 is 0.733 bits per heavy atom. The number of carboxylic acid groups (broad SMARTS) is 1. The van der Waals surface area contributed by atoms with E-state index in [1.165, 1.54) is 0 Å². The summed E-state index contributed by atoms with van der Waals surface area (Å²) in [5.41, 5.74) is 4.61. The van der Waals surface area contributed by atoms with E-state index >= 15 is 0 Å². The Kier molecular flexibility index (Phi) is 18.0. The van der Waals surface area contributed by atoms with E-state index in [1.54, 1.807) is 36.9 Å². The van der Waals surface area contributed by atoms with Gasteiger partial charge in [-0.2, -0.15) is 0 Å². The number of aliphatic hydroxyl groups is 2. The van der Waals surface area contributed by atoms with Crippen molar-refractivity contribution < 1.29 is 74.2 Å². The normalized spacial score (nSPS) is 16.9. The molecule has 0 aromatic carbocycles. The second-order valence-electron chi connectivity index (χ2n) is 17.6. The van der Waals surface area contributed by atoms with Crippen LogP contribution in [0, 0.1) is 25.7 Å². The van der Waals surface area contributed by atoms with Crippen molar-refractivity contribution in [3.63, 3.8) is 0 Å². The minimum absolute atomic E-state index is 0. The van der Waals surface area contributed by atoms with Gasteiger partial charge in [0.1, 0.15) is 0 Å². The van der Waals surface area contributed by atoms with Gasteiger partial charge in [0.15, 0.2) is 0 Å². The number of likely N-dealkylation sites (tertiary alicyclic amines) is 2. The molecule has 2 unspecified atom stereocenters. The molecule has 2 saturated heterocycles. The van der Waals surface area contributed by atoms with Crippen LogP contribution in [0.3, 0.4) is 0 Å². The molecule has 0 amide bonds. The Morgan fingerprint density at radius 2 is 1.10 bits per heavy atom. The summed E-state index contributed by atoms with van der Waals surface area (Å²) < 4.78 is 19.6. The molecule has 328 valence electrons. The molecule has 0 bridgehead atoms. The van der Waals surface area contributed by atoms with Crippen molar-refractivity contribution >= 4 is 23.0 Å². The molecule has 6 rings (SSSR count). The number of methoxy groups -OCH3 is 2. The van der Waals surface area contributed by atoms with Gasteiger partial charge in [0.05, 0.1) is 54.2 Å². The third-order valence-electron chi connectivity index (χ3n) is 12.0. The second kappa shape index (κ2) is 21.2. The molecule has 2 aliphatic heterocycles. The van der Waals surface area contributed by atoms with Crippen LogP contribution in [-0.4, -0.2) is 133 Å². The van der Waals surface area contributed by atoms with Crippen LogP contribution >= 0.6 is 0 Å². The Bertz CT molecular complexity index is 2050. The fraction of sp³-hybridized carbons (Fsp3) is 0.636. The number of β-amino-alcohol motifs (C(OH)–C–C–N with tert-alkyl or cyclic N) is 2. The molecule has 16 heteroatoms. The molecule has 2 fully saturated rings. The van der Waals surface area contributed by atoms with E-state index in [1.807, 2.05) is 59.0 Å². The van der Waals surface area contributed by atoms with E-state index in [4.69, 9.17) is 14.2 Å². The second-order valence-corrected chi connectivity index (χ2v) is 17.6. The minimum Gasteiger partial charge on any atom is -0.870 e. The van der Waals surface area contributed by atoms with E-state index in [2.05, 4.69) is 33.8 Å². The fourth-order valence-corrected chi connectivity index (χ4v) is 9.30. The van der Waals surface area contributed by atoms with Crippen LogP contribution in [0.4, 0.5) is 0 Å². The van der Waals surface area contributed by atoms with Crippen molar-refractivity contribution in [2.24, 2.45) is 11.8 Å². The van der Waals surface area contributed by atoms with Crippen molar-refractivity contribution in [2.75, 3.05) is 60.1 Å². The first-order valence-corrected chi connectivity index (χ1v) is 20.7. The molecule has 60 heavy (non-hydrogen) atoms. The molecular formula is C44H67N6NaO9. The number of esters is 1. The van der Waals surface area contributed by atoms with Crippen LogP contribution < -0.4 is 39.0 Å². The molecule has 4 aromatic rings. The number of piperidine rings is 2. The standard InChI is InChI=1S/C23H35N3O4.C21H31N3O4.Na.H2O/c1-7-30-22(27)20-16(3)21(26-18(20)8-9-19(24-26)29-6)15(2)17-10-12-25(13-11-17)14-23(4,5)28;1-13(15-8-10-23(11-9-15)12-21(3,4)27)19-14(2)18(20(25)26)16-6-7-17(28-5)22-24(16)19;;/h8-9,15,17,28H,7,10-14H2,1-6H3;6-7,13,15,27H,8-12H2,1-5H3,(H,25,26);;1H2/q;;+1;/p-1. The van der Waals surface area contributed by atoms with Crippen LogP contribution in [0.2, 0.25) is 0 Å². The monoisotopic (exact) mass is 846 g/mol. The van der Waals surface area contributed by atoms with Crippen LogP contribution in [-0.2, 0) is 4.74 Å². The first-order chi connectivity index (χ1) is 27.3. The zero-order valence-electron chi connectivity index (χ0n) is 37.9. The SMILES string of the molecule is CCOC(=O)c1c(C)c(C(C)C2CCN(CC(C)(C)O)CC2)n2nc(OC)ccc12.COc1ccc2c(C(=O)O)c(C)c(C(C)C3CCN(CC(C)(C)O)CC3)n2n1.[Na+].[OH-]. The average molecular weight is 847 g/mol. The number of fused-ring (bicyclic) bond motifs is 2. The maximum Gasteiger partial charge on any atom is 1.00 e. The van der Waals surface area contributed by atoms with Gasteiger partial charge in [-0.15, -0.1) is 10.2 Å². The Hall–Kier alpha value is -3.28. The van der Waals surface area contributed by atoms with Crippen LogP contribution in [0.1, 0.15) is 129 Å². The number of carbonyl (C=O) groups is 2. The van der Waals surface area contributed by atoms with Crippen LogP contribution in [0.15, 0.2) is 24.3 Å². The number of carbonyl (C=O) groups excluding carboxylic acids is 1. The molecule has 2 aliphatic rings. The number of aromatic carboxylic acids is 1. The zero-order chi connectivity index (χ0) is 42.7. The number of hydrogen-bond acceptors (Lipinski definition) is 12. The van der Waals surface area contributed by atoms with Gasteiger partial charge >= 0.3 is 41.5 Å². The van der Waals surface area contributed by atoms with Crippen LogP contribution in [0.25, 0.3) is 11.0 Å². The molecule has 4 N–H and O–H groups in total. The molecule has 0 saturated carbocycles. The summed E-state index contributed by atoms with van der Waals surface area (Å²) in [5.74, 6) is 1.05. The average Bonchev–Trinajstić information content (AvgIpc) is 3.62. The largest absolute Gasteiger partial charge is 1.00 e. The summed E-state index contributed by atoms with van der Waals surface area (Å²) in [4.78, 5) is 29.2. The molecule has 4 aromatic heterocycles. The number of aromatic nitrogens is 4. The zero-order valence-corrected chi connectivity index (χ0v) is 39.9. The number of hydrogen-bond donors (Lipinski definition) is 3. The summed E-state index contributed by atoms with van der Waals surface area (Å²) in [6.07, 6.45) is 4.11. The topological polar surface area (TPSA) is 194 Å². The molecule has 0 aliphatic carbocycles. The van der Waals surface area contributed by atoms with E-state index in [-0.39, 0.29) is 52.8 Å². The molecular weight excluding hydrogens is 780 g/mol. The fourth-order valence-electron chi connectivity index (χ4n) is 9.30. The summed E-state index contributed by atoms with van der Waals surface area (Å²) in [7, 11) is 3.16. The number of rotatable bonds is 13. The van der Waals surface area contributed by atoms with Gasteiger partial charge in [-0.3, -0.25) is 0 Å². The Morgan fingerprint density at radius 3 is 1.43 bits per heavy atom. The van der Waals surface area contributed by atoms with Crippen molar-refractivity contribution in [2.45, 2.75) is 111 Å².